The Morgan fingerprint density at radius 2 is 1.48 bits per heavy atom. The number of halogens is 6. The van der Waals surface area contributed by atoms with Crippen LogP contribution in [0.4, 0.5) is 26.3 Å². The second-order valence-electron chi connectivity index (χ2n) is 3.94. The Morgan fingerprint density at radius 1 is 0.952 bits per heavy atom. The summed E-state index contributed by atoms with van der Waals surface area (Å²) in [5, 5.41) is 0. The molecule has 2 nitrogen and oxygen atoms in total. The number of nitrogens with zero attached hydrogens (tertiary/aromatic N) is 1. The lowest BCUT2D eigenvalue weighted by molar-refractivity contribution is -0.150. The quantitative estimate of drug-likeness (QED) is 0.594. The highest BCUT2D eigenvalue weighted by molar-refractivity contribution is 7.17. The Balaban J connectivity index is 2.62. The Morgan fingerprint density at radius 3 is 1.86 bits per heavy atom. The first-order chi connectivity index (χ1) is 9.61. The van der Waals surface area contributed by atoms with E-state index in [2.05, 4.69) is 4.98 Å². The zero-order chi connectivity index (χ0) is 15.8. The molecule has 0 radical (unpaired) electrons. The molecule has 0 N–H and O–H groups in total. The van der Waals surface area contributed by atoms with Gasteiger partial charge < -0.3 is 0 Å². The monoisotopic (exact) mass is 325 g/mol. The van der Waals surface area contributed by atoms with E-state index in [0.29, 0.717) is 18.4 Å². The number of hydrogen-bond acceptors (Lipinski definition) is 3. The molecule has 0 fully saturated rings. The lowest BCUT2D eigenvalue weighted by Crippen LogP contribution is -2.15. The van der Waals surface area contributed by atoms with E-state index in [4.69, 9.17) is 0 Å². The molecule has 0 aliphatic rings. The van der Waals surface area contributed by atoms with Crippen molar-refractivity contribution in [3.8, 4) is 10.4 Å². The fraction of sp³-hybridized carbons (Fsp3) is 0.167. The number of aldehydes is 1. The molecule has 21 heavy (non-hydrogen) atoms. The summed E-state index contributed by atoms with van der Waals surface area (Å²) < 4.78 is 75.8. The lowest BCUT2D eigenvalue weighted by atomic mass is 10.1. The molecule has 0 spiro atoms. The van der Waals surface area contributed by atoms with Gasteiger partial charge >= 0.3 is 12.4 Å². The zero-order valence-corrected chi connectivity index (χ0v) is 10.7. The van der Waals surface area contributed by atoms with E-state index in [9.17, 15) is 31.1 Å². The maximum atomic E-state index is 12.6. The van der Waals surface area contributed by atoms with Gasteiger partial charge in [-0.1, -0.05) is 0 Å². The summed E-state index contributed by atoms with van der Waals surface area (Å²) >= 11 is 0.794. The van der Waals surface area contributed by atoms with E-state index in [-0.39, 0.29) is 15.3 Å². The Kier molecular flexibility index (Phi) is 3.79. The van der Waals surface area contributed by atoms with Crippen LogP contribution in [0.1, 0.15) is 21.1 Å². The molecule has 2 aromatic rings. The number of alkyl halides is 6. The highest BCUT2D eigenvalue weighted by Crippen LogP contribution is 2.37. The van der Waals surface area contributed by atoms with E-state index in [1.165, 1.54) is 12.1 Å². The number of carbonyl (C=O) groups is 1. The molecule has 2 rings (SSSR count). The van der Waals surface area contributed by atoms with Gasteiger partial charge in [-0.3, -0.25) is 4.79 Å². The van der Waals surface area contributed by atoms with Crippen LogP contribution in [0.2, 0.25) is 0 Å². The van der Waals surface area contributed by atoms with E-state index in [0.717, 1.165) is 11.3 Å². The minimum absolute atomic E-state index is 0.121. The van der Waals surface area contributed by atoms with Crippen LogP contribution in [0.3, 0.4) is 0 Å². The summed E-state index contributed by atoms with van der Waals surface area (Å²) in [6.07, 6.45) is -9.54. The van der Waals surface area contributed by atoms with Gasteiger partial charge in [-0.25, -0.2) is 4.98 Å². The lowest BCUT2D eigenvalue weighted by Gasteiger charge is -2.12. The molecule has 2 heterocycles. The molecule has 2 aromatic heterocycles. The Hall–Kier alpha value is -1.90. The van der Waals surface area contributed by atoms with Crippen molar-refractivity contribution in [2.75, 3.05) is 0 Å². The molecule has 112 valence electrons. The average Bonchev–Trinajstić information content (AvgIpc) is 2.85. The molecular formula is C12H5F6NOS. The molecule has 0 saturated heterocycles. The second kappa shape index (κ2) is 5.14. The molecular weight excluding hydrogens is 320 g/mol. The SMILES string of the molecule is O=Cc1ccc(-c2cc(C(F)(F)F)nc(C(F)(F)F)c2)s1. The fourth-order valence-corrected chi connectivity index (χ4v) is 2.34. The van der Waals surface area contributed by atoms with Crippen LogP contribution in [-0.4, -0.2) is 11.3 Å². The number of pyridine rings is 1. The van der Waals surface area contributed by atoms with Gasteiger partial charge in [0.15, 0.2) is 6.29 Å². The topological polar surface area (TPSA) is 30.0 Å². The van der Waals surface area contributed by atoms with E-state index < -0.39 is 23.7 Å². The van der Waals surface area contributed by atoms with Crippen LogP contribution < -0.4 is 0 Å². The van der Waals surface area contributed by atoms with Crippen LogP contribution in [0.15, 0.2) is 24.3 Å². The van der Waals surface area contributed by atoms with E-state index in [1.807, 2.05) is 0 Å². The standard InChI is InChI=1S/C12H5F6NOS/c13-11(14,15)9-3-6(4-10(19-9)12(16,17)18)8-2-1-7(5-20)21-8/h1-5H. The summed E-state index contributed by atoms with van der Waals surface area (Å²) in [6, 6.07) is 3.64. The van der Waals surface area contributed by atoms with Crippen molar-refractivity contribution < 1.29 is 31.1 Å². The minimum Gasteiger partial charge on any atom is -0.297 e. The number of hydrogen-bond donors (Lipinski definition) is 0. The fourth-order valence-electron chi connectivity index (χ4n) is 1.53. The van der Waals surface area contributed by atoms with Gasteiger partial charge in [0.05, 0.1) is 4.88 Å². The summed E-state index contributed by atoms with van der Waals surface area (Å²) in [5.41, 5.74) is -3.55. The average molecular weight is 325 g/mol. The third kappa shape index (κ3) is 3.41. The van der Waals surface area contributed by atoms with Crippen LogP contribution in [0.25, 0.3) is 10.4 Å². The van der Waals surface area contributed by atoms with Gasteiger partial charge in [0.1, 0.15) is 11.4 Å². The third-order valence-electron chi connectivity index (χ3n) is 2.43. The van der Waals surface area contributed by atoms with Gasteiger partial charge in [-0.2, -0.15) is 26.3 Å². The highest BCUT2D eigenvalue weighted by Gasteiger charge is 2.39. The van der Waals surface area contributed by atoms with Crippen molar-refractivity contribution in [1.29, 1.82) is 0 Å². The molecule has 0 aromatic carbocycles. The first-order valence-corrected chi connectivity index (χ1v) is 6.15. The largest absolute Gasteiger partial charge is 0.433 e. The maximum Gasteiger partial charge on any atom is 0.433 e. The van der Waals surface area contributed by atoms with Gasteiger partial charge in [0.2, 0.25) is 0 Å². The maximum absolute atomic E-state index is 12.6. The summed E-state index contributed by atoms with van der Waals surface area (Å²) in [4.78, 5) is 13.5. The zero-order valence-electron chi connectivity index (χ0n) is 9.92. The van der Waals surface area contributed by atoms with Crippen molar-refractivity contribution in [3.63, 3.8) is 0 Å². The number of carbonyl (C=O) groups excluding carboxylic acids is 1. The first kappa shape index (κ1) is 15.5. The predicted molar refractivity (Wildman–Crippen MR) is 62.9 cm³/mol. The predicted octanol–water partition coefficient (Wildman–Crippen LogP) is 4.66. The van der Waals surface area contributed by atoms with Crippen molar-refractivity contribution in [1.82, 2.24) is 4.98 Å². The van der Waals surface area contributed by atoms with Gasteiger partial charge in [-0.05, 0) is 29.8 Å². The summed E-state index contributed by atoms with van der Waals surface area (Å²) in [6.45, 7) is 0. The minimum atomic E-state index is -5.00. The summed E-state index contributed by atoms with van der Waals surface area (Å²) in [5.74, 6) is 0. The molecule has 0 atom stereocenters. The summed E-state index contributed by atoms with van der Waals surface area (Å²) in [7, 11) is 0. The molecule has 0 aliphatic heterocycles. The number of thiophene rings is 1. The first-order valence-electron chi connectivity index (χ1n) is 5.33. The Labute approximate surface area is 118 Å². The molecule has 0 amide bonds. The van der Waals surface area contributed by atoms with Gasteiger partial charge in [0, 0.05) is 4.88 Å². The second-order valence-corrected chi connectivity index (χ2v) is 5.06. The van der Waals surface area contributed by atoms with Crippen molar-refractivity contribution in [3.05, 3.63) is 40.5 Å². The van der Waals surface area contributed by atoms with Crippen molar-refractivity contribution in [2.24, 2.45) is 0 Å². The van der Waals surface area contributed by atoms with Gasteiger partial charge in [-0.15, -0.1) is 11.3 Å². The normalized spacial score (nSPS) is 12.5. The van der Waals surface area contributed by atoms with Crippen LogP contribution >= 0.6 is 11.3 Å². The van der Waals surface area contributed by atoms with E-state index >= 15 is 0 Å². The van der Waals surface area contributed by atoms with Crippen LogP contribution in [-0.2, 0) is 12.4 Å². The Bertz CT molecular complexity index is 641. The van der Waals surface area contributed by atoms with Crippen molar-refractivity contribution in [2.45, 2.75) is 12.4 Å². The van der Waals surface area contributed by atoms with Crippen LogP contribution in [0.5, 0.6) is 0 Å². The molecule has 0 saturated carbocycles. The number of aromatic nitrogens is 1. The molecule has 9 heteroatoms. The highest BCUT2D eigenvalue weighted by atomic mass is 32.1. The smallest absolute Gasteiger partial charge is 0.297 e. The van der Waals surface area contributed by atoms with Crippen LogP contribution in [0, 0.1) is 0 Å². The third-order valence-corrected chi connectivity index (χ3v) is 3.49. The molecule has 0 bridgehead atoms. The van der Waals surface area contributed by atoms with Crippen molar-refractivity contribution >= 4 is 17.6 Å². The van der Waals surface area contributed by atoms with Gasteiger partial charge in [0.25, 0.3) is 0 Å². The molecule has 0 aliphatic carbocycles. The molecule has 0 unspecified atom stereocenters. The van der Waals surface area contributed by atoms with E-state index in [1.54, 1.807) is 0 Å². The number of rotatable bonds is 2.